The van der Waals surface area contributed by atoms with Gasteiger partial charge in [-0.25, -0.2) is 4.79 Å². The van der Waals surface area contributed by atoms with Gasteiger partial charge in [0.1, 0.15) is 0 Å². The number of oxime groups is 1. The summed E-state index contributed by atoms with van der Waals surface area (Å²) in [6, 6.07) is 17.1. The quantitative estimate of drug-likeness (QED) is 0.452. The van der Waals surface area contributed by atoms with Crippen LogP contribution in [0.4, 0.5) is 0 Å². The fourth-order valence-electron chi connectivity index (χ4n) is 2.08. The van der Waals surface area contributed by atoms with Crippen molar-refractivity contribution >= 4 is 11.7 Å². The molecular formula is C19H21NO2. The van der Waals surface area contributed by atoms with Crippen LogP contribution in [-0.4, -0.2) is 11.7 Å². The van der Waals surface area contributed by atoms with Crippen LogP contribution in [0.1, 0.15) is 54.6 Å². The van der Waals surface area contributed by atoms with E-state index >= 15 is 0 Å². The first-order chi connectivity index (χ1) is 10.6. The average molecular weight is 295 g/mol. The topological polar surface area (TPSA) is 38.7 Å². The Hall–Kier alpha value is -2.42. The van der Waals surface area contributed by atoms with E-state index in [1.165, 1.54) is 5.56 Å². The van der Waals surface area contributed by atoms with E-state index in [-0.39, 0.29) is 0 Å². The number of carbonyl (C=O) groups excluding carboxylic acids is 1. The maximum atomic E-state index is 12.0. The molecule has 0 spiro atoms. The van der Waals surface area contributed by atoms with Crippen LogP contribution in [0.3, 0.4) is 0 Å². The third kappa shape index (κ3) is 4.04. The molecule has 0 radical (unpaired) electrons. The van der Waals surface area contributed by atoms with Crippen molar-refractivity contribution in [3.63, 3.8) is 0 Å². The average Bonchev–Trinajstić information content (AvgIpc) is 2.59. The van der Waals surface area contributed by atoms with Crippen molar-refractivity contribution in [1.82, 2.24) is 0 Å². The van der Waals surface area contributed by atoms with Gasteiger partial charge in [0.05, 0.1) is 11.3 Å². The zero-order valence-electron chi connectivity index (χ0n) is 13.2. The minimum atomic E-state index is -0.439. The summed E-state index contributed by atoms with van der Waals surface area (Å²) in [5, 5.41) is 3.91. The fourth-order valence-corrected chi connectivity index (χ4v) is 2.08. The Labute approximate surface area is 131 Å². The minimum Gasteiger partial charge on any atom is -0.313 e. The molecule has 0 aliphatic rings. The molecule has 0 N–H and O–H groups in total. The lowest BCUT2D eigenvalue weighted by atomic mass is 9.98. The monoisotopic (exact) mass is 295 g/mol. The lowest BCUT2D eigenvalue weighted by molar-refractivity contribution is 0.0516. The van der Waals surface area contributed by atoms with Crippen LogP contribution in [0.5, 0.6) is 0 Å². The standard InChI is InChI=1S/C19H21NO2/c1-4-14(2)16-10-12-18(13-11-16)19(21)22-20-15(3)17-8-6-5-7-9-17/h5-14H,4H2,1-3H3/b20-15+. The summed E-state index contributed by atoms with van der Waals surface area (Å²) in [7, 11) is 0. The van der Waals surface area contributed by atoms with Crippen LogP contribution in [0.25, 0.3) is 0 Å². The molecule has 3 heteroatoms. The summed E-state index contributed by atoms with van der Waals surface area (Å²) < 4.78 is 0. The highest BCUT2D eigenvalue weighted by atomic mass is 16.7. The number of carbonyl (C=O) groups is 1. The summed E-state index contributed by atoms with van der Waals surface area (Å²) in [5.41, 5.74) is 3.34. The molecule has 1 unspecified atom stereocenters. The number of rotatable bonds is 5. The molecule has 2 aromatic carbocycles. The Bertz CT molecular complexity index is 645. The van der Waals surface area contributed by atoms with E-state index in [2.05, 4.69) is 19.0 Å². The van der Waals surface area contributed by atoms with Gasteiger partial charge < -0.3 is 4.84 Å². The van der Waals surface area contributed by atoms with E-state index in [1.54, 1.807) is 12.1 Å². The highest BCUT2D eigenvalue weighted by Gasteiger charge is 2.09. The van der Waals surface area contributed by atoms with E-state index in [9.17, 15) is 4.79 Å². The van der Waals surface area contributed by atoms with Crippen molar-refractivity contribution in [2.75, 3.05) is 0 Å². The number of hydrogen-bond acceptors (Lipinski definition) is 3. The van der Waals surface area contributed by atoms with Crippen LogP contribution in [-0.2, 0) is 4.84 Å². The van der Waals surface area contributed by atoms with Crippen LogP contribution >= 0.6 is 0 Å². The van der Waals surface area contributed by atoms with Gasteiger partial charge >= 0.3 is 5.97 Å². The van der Waals surface area contributed by atoms with Gasteiger partial charge in [-0.1, -0.05) is 61.5 Å². The molecule has 0 saturated carbocycles. The van der Waals surface area contributed by atoms with Crippen molar-refractivity contribution in [3.05, 3.63) is 71.3 Å². The summed E-state index contributed by atoms with van der Waals surface area (Å²) in [4.78, 5) is 17.0. The minimum absolute atomic E-state index is 0.439. The van der Waals surface area contributed by atoms with Crippen molar-refractivity contribution in [3.8, 4) is 0 Å². The van der Waals surface area contributed by atoms with Crippen molar-refractivity contribution in [1.29, 1.82) is 0 Å². The van der Waals surface area contributed by atoms with Gasteiger partial charge in [0.2, 0.25) is 0 Å². The zero-order valence-corrected chi connectivity index (χ0v) is 13.2. The zero-order chi connectivity index (χ0) is 15.9. The van der Waals surface area contributed by atoms with Crippen LogP contribution < -0.4 is 0 Å². The summed E-state index contributed by atoms with van der Waals surface area (Å²) in [6.45, 7) is 6.13. The second kappa shape index (κ2) is 7.55. The molecule has 22 heavy (non-hydrogen) atoms. The van der Waals surface area contributed by atoms with E-state index in [0.717, 1.165) is 12.0 Å². The summed E-state index contributed by atoms with van der Waals surface area (Å²) >= 11 is 0. The predicted octanol–water partition coefficient (Wildman–Crippen LogP) is 4.78. The maximum absolute atomic E-state index is 12.0. The molecule has 2 rings (SSSR count). The molecule has 0 amide bonds. The van der Waals surface area contributed by atoms with Crippen LogP contribution in [0.2, 0.25) is 0 Å². The normalized spacial score (nSPS) is 12.8. The third-order valence-electron chi connectivity index (χ3n) is 3.78. The fraction of sp³-hybridized carbons (Fsp3) is 0.263. The SMILES string of the molecule is CCC(C)c1ccc(C(=O)O/N=C(\C)c2ccccc2)cc1. The first kappa shape index (κ1) is 16.0. The Balaban J connectivity index is 2.03. The highest BCUT2D eigenvalue weighted by molar-refractivity contribution is 5.99. The molecule has 2 aromatic rings. The summed E-state index contributed by atoms with van der Waals surface area (Å²) in [6.07, 6.45) is 1.07. The molecule has 0 aliphatic heterocycles. The van der Waals surface area contributed by atoms with Crippen molar-refractivity contribution in [2.24, 2.45) is 5.16 Å². The van der Waals surface area contributed by atoms with Gasteiger partial charge in [-0.05, 0) is 42.5 Å². The second-order valence-electron chi connectivity index (χ2n) is 5.35. The van der Waals surface area contributed by atoms with Gasteiger partial charge in [-0.15, -0.1) is 0 Å². The Morgan fingerprint density at radius 1 is 1.05 bits per heavy atom. The lowest BCUT2D eigenvalue weighted by Gasteiger charge is -2.08. The molecule has 0 aliphatic carbocycles. The molecule has 0 aromatic heterocycles. The Morgan fingerprint density at radius 3 is 2.27 bits per heavy atom. The van der Waals surface area contributed by atoms with Gasteiger partial charge in [-0.3, -0.25) is 0 Å². The van der Waals surface area contributed by atoms with E-state index in [0.29, 0.717) is 17.2 Å². The molecule has 0 bridgehead atoms. The van der Waals surface area contributed by atoms with Crippen LogP contribution in [0, 0.1) is 0 Å². The molecule has 1 atom stereocenters. The number of benzene rings is 2. The second-order valence-corrected chi connectivity index (χ2v) is 5.35. The van der Waals surface area contributed by atoms with E-state index < -0.39 is 5.97 Å². The van der Waals surface area contributed by atoms with Gasteiger partial charge in [-0.2, -0.15) is 0 Å². The molecule has 3 nitrogen and oxygen atoms in total. The van der Waals surface area contributed by atoms with Gasteiger partial charge in [0, 0.05) is 0 Å². The molecule has 0 fully saturated rings. The van der Waals surface area contributed by atoms with Crippen molar-refractivity contribution in [2.45, 2.75) is 33.1 Å². The largest absolute Gasteiger partial charge is 0.365 e. The maximum Gasteiger partial charge on any atom is 0.365 e. The van der Waals surface area contributed by atoms with E-state index in [4.69, 9.17) is 4.84 Å². The molecule has 0 heterocycles. The van der Waals surface area contributed by atoms with Gasteiger partial charge in [0.25, 0.3) is 0 Å². The predicted molar refractivity (Wildman–Crippen MR) is 89.2 cm³/mol. The third-order valence-corrected chi connectivity index (χ3v) is 3.78. The molecule has 0 saturated heterocycles. The smallest absolute Gasteiger partial charge is 0.313 e. The van der Waals surface area contributed by atoms with Crippen molar-refractivity contribution < 1.29 is 9.63 Å². The first-order valence-electron chi connectivity index (χ1n) is 7.53. The van der Waals surface area contributed by atoms with Crippen LogP contribution in [0.15, 0.2) is 59.8 Å². The first-order valence-corrected chi connectivity index (χ1v) is 7.53. The van der Waals surface area contributed by atoms with Gasteiger partial charge in [0.15, 0.2) is 0 Å². The highest BCUT2D eigenvalue weighted by Crippen LogP contribution is 2.19. The number of nitrogens with zero attached hydrogens (tertiary/aromatic N) is 1. The lowest BCUT2D eigenvalue weighted by Crippen LogP contribution is -2.04. The van der Waals surface area contributed by atoms with E-state index in [1.807, 2.05) is 49.4 Å². The molecular weight excluding hydrogens is 274 g/mol. The number of hydrogen-bond donors (Lipinski definition) is 0. The Morgan fingerprint density at radius 2 is 1.68 bits per heavy atom. The molecule has 114 valence electrons. The summed E-state index contributed by atoms with van der Waals surface area (Å²) in [5.74, 6) is 0.0504. The Kier molecular flexibility index (Phi) is 5.48.